The van der Waals surface area contributed by atoms with Crippen LogP contribution in [-0.4, -0.2) is 11.2 Å². The lowest BCUT2D eigenvalue weighted by atomic mass is 9.81. The molecule has 0 rings (SSSR count). The van der Waals surface area contributed by atoms with Gasteiger partial charge in [0.1, 0.15) is 6.10 Å². The van der Waals surface area contributed by atoms with E-state index in [2.05, 4.69) is 4.84 Å². The maximum atomic E-state index is 10.3. The van der Waals surface area contributed by atoms with Gasteiger partial charge < -0.3 is 4.84 Å². The van der Waals surface area contributed by atoms with Gasteiger partial charge in [0.25, 0.3) is 5.09 Å². The second kappa shape index (κ2) is 4.44. The van der Waals surface area contributed by atoms with Crippen LogP contribution in [0.5, 0.6) is 0 Å². The summed E-state index contributed by atoms with van der Waals surface area (Å²) in [6.07, 6.45) is 0.558. The quantitative estimate of drug-likeness (QED) is 0.504. The third-order valence-corrected chi connectivity index (χ3v) is 2.21. The van der Waals surface area contributed by atoms with Crippen LogP contribution < -0.4 is 0 Å². The van der Waals surface area contributed by atoms with Gasteiger partial charge in [-0.2, -0.15) is 0 Å². The van der Waals surface area contributed by atoms with Crippen LogP contribution in [0.15, 0.2) is 0 Å². The van der Waals surface area contributed by atoms with Gasteiger partial charge in [0.2, 0.25) is 0 Å². The predicted octanol–water partition coefficient (Wildman–Crippen LogP) is 2.66. The molecule has 0 aliphatic carbocycles. The molecule has 0 aliphatic heterocycles. The van der Waals surface area contributed by atoms with E-state index < -0.39 is 5.09 Å². The maximum absolute atomic E-state index is 10.3. The molecule has 0 heterocycles. The normalized spacial score (nSPS) is 16.4. The van der Waals surface area contributed by atoms with E-state index in [4.69, 9.17) is 0 Å². The molecule has 0 fully saturated rings. The van der Waals surface area contributed by atoms with E-state index in [0.717, 1.165) is 6.42 Å². The SMILES string of the molecule is CCC(C)C(O[N+](=O)[O-])C(C)(C)C. The molecule has 0 saturated heterocycles. The van der Waals surface area contributed by atoms with Crippen LogP contribution in [0, 0.1) is 21.4 Å². The first-order chi connectivity index (χ1) is 5.79. The third-order valence-electron chi connectivity index (χ3n) is 2.21. The molecule has 13 heavy (non-hydrogen) atoms. The molecule has 0 aliphatic rings. The summed E-state index contributed by atoms with van der Waals surface area (Å²) >= 11 is 0. The third kappa shape index (κ3) is 4.10. The van der Waals surface area contributed by atoms with Crippen LogP contribution in [0.2, 0.25) is 0 Å². The summed E-state index contributed by atoms with van der Waals surface area (Å²) in [6.45, 7) is 9.83. The van der Waals surface area contributed by atoms with E-state index in [1.54, 1.807) is 0 Å². The van der Waals surface area contributed by atoms with Crippen molar-refractivity contribution in [3.8, 4) is 0 Å². The van der Waals surface area contributed by atoms with Crippen molar-refractivity contribution in [3.05, 3.63) is 10.1 Å². The monoisotopic (exact) mass is 189 g/mol. The van der Waals surface area contributed by atoms with Crippen molar-refractivity contribution >= 4 is 0 Å². The highest BCUT2D eigenvalue weighted by molar-refractivity contribution is 4.77. The lowest BCUT2D eigenvalue weighted by molar-refractivity contribution is -0.774. The second-order valence-corrected chi connectivity index (χ2v) is 4.50. The van der Waals surface area contributed by atoms with Crippen LogP contribution in [0.3, 0.4) is 0 Å². The average Bonchev–Trinajstić information content (AvgIpc) is 1.96. The van der Waals surface area contributed by atoms with E-state index >= 15 is 0 Å². The van der Waals surface area contributed by atoms with Crippen molar-refractivity contribution in [2.45, 2.75) is 47.1 Å². The Morgan fingerprint density at radius 2 is 1.92 bits per heavy atom. The van der Waals surface area contributed by atoms with Gasteiger partial charge in [0.15, 0.2) is 0 Å². The van der Waals surface area contributed by atoms with Gasteiger partial charge in [-0.15, -0.1) is 10.1 Å². The Morgan fingerprint density at radius 3 is 2.15 bits per heavy atom. The van der Waals surface area contributed by atoms with Gasteiger partial charge in [-0.1, -0.05) is 41.0 Å². The average molecular weight is 189 g/mol. The van der Waals surface area contributed by atoms with E-state index in [9.17, 15) is 10.1 Å². The second-order valence-electron chi connectivity index (χ2n) is 4.50. The van der Waals surface area contributed by atoms with Gasteiger partial charge in [0, 0.05) is 0 Å². The Kier molecular flexibility index (Phi) is 4.17. The zero-order chi connectivity index (χ0) is 10.6. The van der Waals surface area contributed by atoms with Crippen LogP contribution >= 0.6 is 0 Å². The molecule has 4 nitrogen and oxygen atoms in total. The largest absolute Gasteiger partial charge is 0.310 e. The van der Waals surface area contributed by atoms with Gasteiger partial charge in [-0.05, 0) is 11.3 Å². The van der Waals surface area contributed by atoms with E-state index in [1.807, 2.05) is 34.6 Å². The molecular weight excluding hydrogens is 170 g/mol. The zero-order valence-corrected chi connectivity index (χ0v) is 9.03. The molecule has 0 radical (unpaired) electrons. The smallest absolute Gasteiger partial charge is 0.294 e. The van der Waals surface area contributed by atoms with E-state index in [0.29, 0.717) is 0 Å². The highest BCUT2D eigenvalue weighted by Crippen LogP contribution is 2.29. The maximum Gasteiger partial charge on any atom is 0.294 e. The molecule has 0 saturated carbocycles. The summed E-state index contributed by atoms with van der Waals surface area (Å²) in [5.41, 5.74) is -0.192. The fourth-order valence-corrected chi connectivity index (χ4v) is 1.42. The summed E-state index contributed by atoms with van der Waals surface area (Å²) in [4.78, 5) is 14.9. The molecule has 2 atom stereocenters. The predicted molar refractivity (Wildman–Crippen MR) is 50.8 cm³/mol. The molecule has 4 heteroatoms. The van der Waals surface area contributed by atoms with E-state index in [-0.39, 0.29) is 17.4 Å². The minimum Gasteiger partial charge on any atom is -0.310 e. The van der Waals surface area contributed by atoms with Crippen molar-refractivity contribution in [2.75, 3.05) is 0 Å². The molecule has 0 bridgehead atoms. The van der Waals surface area contributed by atoms with Crippen molar-refractivity contribution in [2.24, 2.45) is 11.3 Å². The van der Waals surface area contributed by atoms with Crippen LogP contribution in [0.25, 0.3) is 0 Å². The zero-order valence-electron chi connectivity index (χ0n) is 9.03. The van der Waals surface area contributed by atoms with E-state index in [1.165, 1.54) is 0 Å². The fraction of sp³-hybridized carbons (Fsp3) is 1.00. The van der Waals surface area contributed by atoms with Gasteiger partial charge >= 0.3 is 0 Å². The Morgan fingerprint density at radius 1 is 1.46 bits per heavy atom. The lowest BCUT2D eigenvalue weighted by Crippen LogP contribution is -2.36. The summed E-state index contributed by atoms with van der Waals surface area (Å²) in [5, 5.41) is 9.57. The van der Waals surface area contributed by atoms with Gasteiger partial charge in [0.05, 0.1) is 0 Å². The minimum atomic E-state index is -0.692. The standard InChI is InChI=1S/C9H19NO3/c1-6-7(2)8(9(3,4)5)13-10(11)12/h7-8H,6H2,1-5H3. The molecule has 2 unspecified atom stereocenters. The Hall–Kier alpha value is -0.800. The first-order valence-electron chi connectivity index (χ1n) is 4.60. The lowest BCUT2D eigenvalue weighted by Gasteiger charge is -2.32. The highest BCUT2D eigenvalue weighted by atomic mass is 17.0. The molecule has 0 N–H and O–H groups in total. The first kappa shape index (κ1) is 12.2. The highest BCUT2D eigenvalue weighted by Gasteiger charge is 2.32. The number of hydrogen-bond donors (Lipinski definition) is 0. The minimum absolute atomic E-state index is 0.192. The molecule has 0 aromatic heterocycles. The summed E-state index contributed by atoms with van der Waals surface area (Å²) in [6, 6.07) is 0. The number of rotatable bonds is 4. The summed E-state index contributed by atoms with van der Waals surface area (Å²) in [5.74, 6) is 0.199. The van der Waals surface area contributed by atoms with Crippen molar-refractivity contribution in [1.29, 1.82) is 0 Å². The van der Waals surface area contributed by atoms with Crippen molar-refractivity contribution in [1.82, 2.24) is 0 Å². The topological polar surface area (TPSA) is 52.4 Å². The van der Waals surface area contributed by atoms with Gasteiger partial charge in [-0.25, -0.2) is 0 Å². The molecule has 78 valence electrons. The van der Waals surface area contributed by atoms with Crippen molar-refractivity contribution in [3.63, 3.8) is 0 Å². The Balaban J connectivity index is 4.46. The molecule has 0 aromatic carbocycles. The van der Waals surface area contributed by atoms with Crippen LogP contribution in [0.1, 0.15) is 41.0 Å². The number of nitrogens with zero attached hydrogens (tertiary/aromatic N) is 1. The molecule has 0 spiro atoms. The first-order valence-corrected chi connectivity index (χ1v) is 4.60. The van der Waals surface area contributed by atoms with Crippen LogP contribution in [-0.2, 0) is 4.84 Å². The molecule has 0 aromatic rings. The summed E-state index contributed by atoms with van der Waals surface area (Å²) in [7, 11) is 0. The molecular formula is C9H19NO3. The Bertz CT molecular complexity index is 174. The molecule has 0 amide bonds. The van der Waals surface area contributed by atoms with Gasteiger partial charge in [-0.3, -0.25) is 0 Å². The Labute approximate surface area is 79.4 Å². The van der Waals surface area contributed by atoms with Crippen molar-refractivity contribution < 1.29 is 9.92 Å². The van der Waals surface area contributed by atoms with Crippen LogP contribution in [0.4, 0.5) is 0 Å². The summed E-state index contributed by atoms with van der Waals surface area (Å²) < 4.78 is 0. The fourth-order valence-electron chi connectivity index (χ4n) is 1.42. The number of hydrogen-bond acceptors (Lipinski definition) is 3.